The molecule has 0 aromatic carbocycles. The van der Waals surface area contributed by atoms with E-state index in [4.69, 9.17) is 4.74 Å². The Morgan fingerprint density at radius 3 is 2.74 bits per heavy atom. The molecule has 4 heterocycles. The molecule has 0 bridgehead atoms. The predicted molar refractivity (Wildman–Crippen MR) is 116 cm³/mol. The van der Waals surface area contributed by atoms with E-state index in [0.29, 0.717) is 41.9 Å². The Balaban J connectivity index is 1.31. The third-order valence-corrected chi connectivity index (χ3v) is 5.78. The lowest BCUT2D eigenvalue weighted by Crippen LogP contribution is -2.43. The molecule has 0 aliphatic carbocycles. The molecule has 1 aliphatic rings. The highest BCUT2D eigenvalue weighted by molar-refractivity contribution is 5.70. The summed E-state index contributed by atoms with van der Waals surface area (Å²) in [6.07, 6.45) is 5.27. The van der Waals surface area contributed by atoms with E-state index in [9.17, 15) is 9.18 Å². The maximum atomic E-state index is 13.7. The van der Waals surface area contributed by atoms with Gasteiger partial charge in [0.2, 0.25) is 5.88 Å². The number of methoxy groups -OCH3 is 1. The van der Waals surface area contributed by atoms with Crippen LogP contribution in [0.25, 0.3) is 11.2 Å². The van der Waals surface area contributed by atoms with Crippen LogP contribution < -0.4 is 15.6 Å². The predicted octanol–water partition coefficient (Wildman–Crippen LogP) is 1.90. The molecule has 1 saturated heterocycles. The summed E-state index contributed by atoms with van der Waals surface area (Å²) in [6, 6.07) is 5.15. The molecule has 9 heteroatoms. The molecular weight excluding hydrogens is 399 g/mol. The summed E-state index contributed by atoms with van der Waals surface area (Å²) in [4.78, 5) is 27.6. The van der Waals surface area contributed by atoms with Gasteiger partial charge in [0.25, 0.3) is 5.56 Å². The second-order valence-electron chi connectivity index (χ2n) is 7.85. The molecule has 0 spiro atoms. The van der Waals surface area contributed by atoms with Crippen LogP contribution in [0.15, 0.2) is 35.4 Å². The molecule has 0 atom stereocenters. The van der Waals surface area contributed by atoms with Gasteiger partial charge in [-0.1, -0.05) is 0 Å². The minimum absolute atomic E-state index is 0.0921. The van der Waals surface area contributed by atoms with Gasteiger partial charge in [-0.05, 0) is 50.6 Å². The highest BCUT2D eigenvalue weighted by atomic mass is 19.1. The average Bonchev–Trinajstić information content (AvgIpc) is 2.79. The number of ether oxygens (including phenoxy) is 1. The molecule has 0 unspecified atom stereocenters. The molecular formula is C22H27FN6O2. The van der Waals surface area contributed by atoms with Gasteiger partial charge in [-0.2, -0.15) is 4.98 Å². The van der Waals surface area contributed by atoms with Crippen molar-refractivity contribution in [1.82, 2.24) is 29.7 Å². The number of aryl methyl sites for hydroxylation is 1. The molecule has 1 fully saturated rings. The highest BCUT2D eigenvalue weighted by Crippen LogP contribution is 2.14. The zero-order valence-corrected chi connectivity index (χ0v) is 17.8. The lowest BCUT2D eigenvalue weighted by Gasteiger charge is -2.32. The molecule has 31 heavy (non-hydrogen) atoms. The van der Waals surface area contributed by atoms with E-state index in [1.807, 2.05) is 0 Å². The Labute approximate surface area is 180 Å². The molecule has 164 valence electrons. The maximum Gasteiger partial charge on any atom is 0.252 e. The van der Waals surface area contributed by atoms with Crippen LogP contribution in [0, 0.1) is 12.7 Å². The molecule has 4 rings (SSSR count). The third kappa shape index (κ3) is 5.05. The number of fused-ring (bicyclic) bond motifs is 1. The van der Waals surface area contributed by atoms with Crippen LogP contribution in [0.3, 0.4) is 0 Å². The summed E-state index contributed by atoms with van der Waals surface area (Å²) in [5, 5.41) is 3.50. The van der Waals surface area contributed by atoms with E-state index in [-0.39, 0.29) is 11.4 Å². The van der Waals surface area contributed by atoms with E-state index >= 15 is 0 Å². The number of pyridine rings is 2. The Bertz CT molecular complexity index is 1110. The minimum atomic E-state index is -0.264. The summed E-state index contributed by atoms with van der Waals surface area (Å²) in [6.45, 7) is 5.46. The first-order valence-electron chi connectivity index (χ1n) is 10.5. The van der Waals surface area contributed by atoms with Crippen molar-refractivity contribution in [2.75, 3.05) is 26.7 Å². The van der Waals surface area contributed by atoms with Crippen molar-refractivity contribution >= 4 is 11.2 Å². The molecule has 0 saturated carbocycles. The second kappa shape index (κ2) is 9.49. The van der Waals surface area contributed by atoms with Crippen LogP contribution in [-0.4, -0.2) is 57.2 Å². The highest BCUT2D eigenvalue weighted by Gasteiger charge is 2.19. The van der Waals surface area contributed by atoms with Crippen molar-refractivity contribution < 1.29 is 9.13 Å². The smallest absolute Gasteiger partial charge is 0.252 e. The number of rotatable bonds is 7. The van der Waals surface area contributed by atoms with Crippen molar-refractivity contribution in [3.8, 4) is 5.88 Å². The van der Waals surface area contributed by atoms with Gasteiger partial charge in [0.15, 0.2) is 5.65 Å². The van der Waals surface area contributed by atoms with Crippen LogP contribution in [0.5, 0.6) is 5.88 Å². The number of likely N-dealkylation sites (tertiary alicyclic amines) is 1. The van der Waals surface area contributed by atoms with Crippen molar-refractivity contribution in [3.63, 3.8) is 0 Å². The Hall–Kier alpha value is -2.91. The molecule has 1 aliphatic heterocycles. The number of hydrogen-bond acceptors (Lipinski definition) is 7. The van der Waals surface area contributed by atoms with Gasteiger partial charge in [-0.25, -0.2) is 9.37 Å². The van der Waals surface area contributed by atoms with E-state index in [0.717, 1.165) is 38.0 Å². The Kier molecular flexibility index (Phi) is 6.53. The molecule has 0 amide bonds. The van der Waals surface area contributed by atoms with Crippen molar-refractivity contribution in [2.45, 2.75) is 38.9 Å². The van der Waals surface area contributed by atoms with Crippen molar-refractivity contribution in [3.05, 3.63) is 58.0 Å². The number of hydrogen-bond donors (Lipinski definition) is 1. The molecule has 8 nitrogen and oxygen atoms in total. The lowest BCUT2D eigenvalue weighted by molar-refractivity contribution is 0.191. The monoisotopic (exact) mass is 426 g/mol. The van der Waals surface area contributed by atoms with Crippen LogP contribution in [-0.2, 0) is 13.1 Å². The Morgan fingerprint density at radius 2 is 2.00 bits per heavy atom. The van der Waals surface area contributed by atoms with Crippen LogP contribution in [0.2, 0.25) is 0 Å². The fourth-order valence-electron chi connectivity index (χ4n) is 3.86. The summed E-state index contributed by atoms with van der Waals surface area (Å²) in [5.41, 5.74) is 2.41. The van der Waals surface area contributed by atoms with Gasteiger partial charge in [0.1, 0.15) is 11.3 Å². The van der Waals surface area contributed by atoms with Gasteiger partial charge < -0.3 is 15.0 Å². The van der Waals surface area contributed by atoms with Gasteiger partial charge in [0.05, 0.1) is 19.0 Å². The molecule has 1 N–H and O–H groups in total. The number of halogens is 1. The largest absolute Gasteiger partial charge is 0.480 e. The van der Waals surface area contributed by atoms with Gasteiger partial charge >= 0.3 is 0 Å². The summed E-state index contributed by atoms with van der Waals surface area (Å²) >= 11 is 0. The zero-order valence-electron chi connectivity index (χ0n) is 17.8. The summed E-state index contributed by atoms with van der Waals surface area (Å²) < 4.78 is 20.5. The minimum Gasteiger partial charge on any atom is -0.480 e. The average molecular weight is 426 g/mol. The van der Waals surface area contributed by atoms with Crippen LogP contribution in [0.4, 0.5) is 4.39 Å². The number of nitrogens with one attached hydrogen (secondary N) is 1. The molecule has 3 aromatic rings. The van der Waals surface area contributed by atoms with E-state index in [2.05, 4.69) is 25.2 Å². The quantitative estimate of drug-likeness (QED) is 0.618. The van der Waals surface area contributed by atoms with Crippen molar-refractivity contribution in [2.24, 2.45) is 0 Å². The first-order valence-corrected chi connectivity index (χ1v) is 10.5. The topological polar surface area (TPSA) is 85.2 Å². The second-order valence-corrected chi connectivity index (χ2v) is 7.85. The number of piperidine rings is 1. The first kappa shape index (κ1) is 21.3. The number of nitrogens with zero attached hydrogens (tertiary/aromatic N) is 5. The van der Waals surface area contributed by atoms with Crippen LogP contribution in [0.1, 0.15) is 24.1 Å². The standard InChI is InChI=1S/C22H27FN6O2/c1-15-18(23)11-16(12-24-15)13-25-17-5-7-28(8-6-17)9-10-29-21(30)4-3-19-22(29)27-20(31-2)14-26-19/h3-4,11-12,14,17,25H,5-10,13H2,1-2H3. The first-order chi connectivity index (χ1) is 15.0. The molecule has 3 aromatic heterocycles. The lowest BCUT2D eigenvalue weighted by atomic mass is 10.0. The zero-order chi connectivity index (χ0) is 21.8. The third-order valence-electron chi connectivity index (χ3n) is 5.78. The Morgan fingerprint density at radius 1 is 1.19 bits per heavy atom. The fourth-order valence-corrected chi connectivity index (χ4v) is 3.86. The van der Waals surface area contributed by atoms with E-state index < -0.39 is 0 Å². The van der Waals surface area contributed by atoms with Gasteiger partial charge in [0, 0.05) is 37.9 Å². The SMILES string of the molecule is COc1cnc2ccc(=O)n(CCN3CCC(NCc4cnc(C)c(F)c4)CC3)c2n1. The van der Waals surface area contributed by atoms with Gasteiger partial charge in [-0.15, -0.1) is 0 Å². The number of aromatic nitrogens is 4. The summed E-state index contributed by atoms with van der Waals surface area (Å²) in [7, 11) is 1.53. The molecule has 0 radical (unpaired) electrons. The van der Waals surface area contributed by atoms with Gasteiger partial charge in [-0.3, -0.25) is 14.3 Å². The van der Waals surface area contributed by atoms with Crippen LogP contribution >= 0.6 is 0 Å². The fraction of sp³-hybridized carbons (Fsp3) is 0.455. The normalized spacial score (nSPS) is 15.5. The van der Waals surface area contributed by atoms with E-state index in [1.54, 1.807) is 36.0 Å². The summed E-state index contributed by atoms with van der Waals surface area (Å²) in [5.74, 6) is 0.127. The van der Waals surface area contributed by atoms with E-state index in [1.165, 1.54) is 13.2 Å². The van der Waals surface area contributed by atoms with Crippen molar-refractivity contribution in [1.29, 1.82) is 0 Å². The maximum absolute atomic E-state index is 13.7.